The molecule has 0 aliphatic carbocycles. The van der Waals surface area contributed by atoms with Crippen LogP contribution in [0.1, 0.15) is 48.2 Å². The number of hydrogen-bond acceptors (Lipinski definition) is 4. The number of hydrogen-bond donors (Lipinski definition) is 0. The first-order valence-electron chi connectivity index (χ1n) is 10.1. The van der Waals surface area contributed by atoms with Gasteiger partial charge in [0, 0.05) is 19.7 Å². The number of aromatic nitrogens is 3. The van der Waals surface area contributed by atoms with Gasteiger partial charge in [-0.3, -0.25) is 4.79 Å². The molecule has 6 heteroatoms. The van der Waals surface area contributed by atoms with E-state index < -0.39 is 0 Å². The Morgan fingerprint density at radius 1 is 1.15 bits per heavy atom. The Labute approximate surface area is 160 Å². The molecule has 0 N–H and O–H groups in total. The molecule has 2 aromatic rings. The van der Waals surface area contributed by atoms with E-state index >= 15 is 0 Å². The minimum absolute atomic E-state index is 0.00935. The van der Waals surface area contributed by atoms with Crippen LogP contribution < -0.4 is 0 Å². The van der Waals surface area contributed by atoms with Gasteiger partial charge in [-0.2, -0.15) is 0 Å². The van der Waals surface area contributed by atoms with Crippen molar-refractivity contribution in [2.75, 3.05) is 19.7 Å². The molecule has 1 aromatic heterocycles. The summed E-state index contributed by atoms with van der Waals surface area (Å²) in [6.45, 7) is 3.14. The van der Waals surface area contributed by atoms with E-state index in [1.807, 2.05) is 4.90 Å². The molecule has 4 rings (SSSR count). The van der Waals surface area contributed by atoms with Gasteiger partial charge in [-0.1, -0.05) is 35.5 Å². The third kappa shape index (κ3) is 4.75. The Morgan fingerprint density at radius 3 is 2.70 bits per heavy atom. The molecule has 1 aromatic carbocycles. The third-order valence-electron chi connectivity index (χ3n) is 5.76. The summed E-state index contributed by atoms with van der Waals surface area (Å²) in [6.07, 6.45) is 8.59. The lowest BCUT2D eigenvalue weighted by atomic mass is 9.90. The maximum Gasteiger partial charge on any atom is 0.276 e. The summed E-state index contributed by atoms with van der Waals surface area (Å²) in [6, 6.07) is 10.6. The summed E-state index contributed by atoms with van der Waals surface area (Å²) in [7, 11) is 0. The van der Waals surface area contributed by atoms with Crippen LogP contribution in [0.4, 0.5) is 0 Å². The van der Waals surface area contributed by atoms with Crippen molar-refractivity contribution < 1.29 is 9.53 Å². The summed E-state index contributed by atoms with van der Waals surface area (Å²) < 4.78 is 7.37. The zero-order chi connectivity index (χ0) is 18.5. The van der Waals surface area contributed by atoms with Gasteiger partial charge in [0.25, 0.3) is 5.91 Å². The summed E-state index contributed by atoms with van der Waals surface area (Å²) in [5.41, 5.74) is 1.86. The summed E-state index contributed by atoms with van der Waals surface area (Å²) in [5, 5.41) is 8.21. The number of carbonyl (C=O) groups is 1. The Hall–Kier alpha value is -2.21. The van der Waals surface area contributed by atoms with E-state index in [0.29, 0.717) is 18.2 Å². The molecule has 0 spiro atoms. The second kappa shape index (κ2) is 8.65. The molecule has 1 atom stereocenters. The molecule has 6 nitrogen and oxygen atoms in total. The number of nitrogens with zero attached hydrogens (tertiary/aromatic N) is 4. The Bertz CT molecular complexity index is 732. The zero-order valence-corrected chi connectivity index (χ0v) is 15.8. The van der Waals surface area contributed by atoms with Crippen LogP contribution in [0, 0.1) is 5.92 Å². The van der Waals surface area contributed by atoms with E-state index in [-0.39, 0.29) is 12.0 Å². The van der Waals surface area contributed by atoms with Crippen LogP contribution in [-0.2, 0) is 17.7 Å². The van der Waals surface area contributed by atoms with Crippen LogP contribution in [0.2, 0.25) is 0 Å². The molecule has 27 heavy (non-hydrogen) atoms. The largest absolute Gasteiger partial charge is 0.376 e. The lowest BCUT2D eigenvalue weighted by Crippen LogP contribution is -2.38. The number of amides is 1. The first-order chi connectivity index (χ1) is 13.3. The Kier molecular flexibility index (Phi) is 5.82. The van der Waals surface area contributed by atoms with E-state index in [1.165, 1.54) is 12.0 Å². The molecule has 2 aliphatic rings. The van der Waals surface area contributed by atoms with Gasteiger partial charge >= 0.3 is 0 Å². The second-order valence-corrected chi connectivity index (χ2v) is 7.72. The number of aryl methyl sites for hydroxylation is 1. The van der Waals surface area contributed by atoms with E-state index in [4.69, 9.17) is 4.74 Å². The fourth-order valence-electron chi connectivity index (χ4n) is 4.08. The van der Waals surface area contributed by atoms with Crippen molar-refractivity contribution in [3.63, 3.8) is 0 Å². The molecular weight excluding hydrogens is 340 g/mol. The molecule has 3 heterocycles. The normalized spacial score (nSPS) is 20.9. The van der Waals surface area contributed by atoms with Gasteiger partial charge < -0.3 is 9.64 Å². The fraction of sp³-hybridized carbons (Fsp3) is 0.571. The molecule has 2 saturated heterocycles. The van der Waals surface area contributed by atoms with Crippen LogP contribution in [0.5, 0.6) is 0 Å². The highest BCUT2D eigenvalue weighted by molar-refractivity contribution is 5.91. The predicted molar refractivity (Wildman–Crippen MR) is 102 cm³/mol. The second-order valence-electron chi connectivity index (χ2n) is 7.72. The molecule has 0 radical (unpaired) electrons. The van der Waals surface area contributed by atoms with Crippen molar-refractivity contribution >= 4 is 5.91 Å². The molecule has 0 bridgehead atoms. The van der Waals surface area contributed by atoms with Crippen molar-refractivity contribution in [1.29, 1.82) is 0 Å². The highest BCUT2D eigenvalue weighted by atomic mass is 16.5. The highest BCUT2D eigenvalue weighted by Crippen LogP contribution is 2.23. The molecule has 0 saturated carbocycles. The topological polar surface area (TPSA) is 60.3 Å². The van der Waals surface area contributed by atoms with Gasteiger partial charge in [-0.05, 0) is 50.0 Å². The van der Waals surface area contributed by atoms with Crippen LogP contribution in [-0.4, -0.2) is 51.6 Å². The maximum absolute atomic E-state index is 12.7. The van der Waals surface area contributed by atoms with Crippen molar-refractivity contribution in [2.24, 2.45) is 5.92 Å². The minimum atomic E-state index is 0.00935. The van der Waals surface area contributed by atoms with Crippen LogP contribution in [0.15, 0.2) is 36.5 Å². The smallest absolute Gasteiger partial charge is 0.276 e. The lowest BCUT2D eigenvalue weighted by molar-refractivity contribution is 0.0680. The highest BCUT2D eigenvalue weighted by Gasteiger charge is 2.25. The summed E-state index contributed by atoms with van der Waals surface area (Å²) in [5.74, 6) is 0.708. The van der Waals surface area contributed by atoms with Gasteiger partial charge in [0.2, 0.25) is 0 Å². The van der Waals surface area contributed by atoms with Crippen molar-refractivity contribution in [1.82, 2.24) is 19.9 Å². The minimum Gasteiger partial charge on any atom is -0.376 e. The van der Waals surface area contributed by atoms with Gasteiger partial charge in [0.05, 0.1) is 18.8 Å². The van der Waals surface area contributed by atoms with Gasteiger partial charge in [-0.15, -0.1) is 5.10 Å². The van der Waals surface area contributed by atoms with Crippen molar-refractivity contribution in [3.8, 4) is 0 Å². The quantitative estimate of drug-likeness (QED) is 0.787. The van der Waals surface area contributed by atoms with Crippen LogP contribution in [0.3, 0.4) is 0 Å². The third-order valence-corrected chi connectivity index (χ3v) is 5.76. The van der Waals surface area contributed by atoms with Crippen LogP contribution >= 0.6 is 0 Å². The number of carbonyl (C=O) groups excluding carboxylic acids is 1. The maximum atomic E-state index is 12.7. The molecular formula is C21H28N4O2. The monoisotopic (exact) mass is 368 g/mol. The van der Waals surface area contributed by atoms with Crippen molar-refractivity contribution in [2.45, 2.75) is 51.2 Å². The molecule has 1 amide bonds. The molecule has 144 valence electrons. The average Bonchev–Trinajstić information content (AvgIpc) is 3.40. The lowest BCUT2D eigenvalue weighted by Gasteiger charge is -2.31. The first kappa shape index (κ1) is 18.2. The summed E-state index contributed by atoms with van der Waals surface area (Å²) >= 11 is 0. The van der Waals surface area contributed by atoms with Crippen LogP contribution in [0.25, 0.3) is 0 Å². The number of rotatable bonds is 6. The van der Waals surface area contributed by atoms with Crippen molar-refractivity contribution in [3.05, 3.63) is 47.8 Å². The van der Waals surface area contributed by atoms with E-state index in [0.717, 1.165) is 51.8 Å². The first-order valence-corrected chi connectivity index (χ1v) is 10.1. The average molecular weight is 368 g/mol. The SMILES string of the molecule is O=C(c1cn(C[C@@H]2CCCO2)nn1)N1CCC(CCc2ccccc2)CC1. The number of piperidine rings is 1. The standard InChI is InChI=1S/C21H28N4O2/c26-21(20-16-25(23-22-20)15-19-7-4-14-27-19)24-12-10-18(11-13-24)9-8-17-5-2-1-3-6-17/h1-3,5-6,16,18-19H,4,7-15H2/t19-/m0/s1. The molecule has 0 unspecified atom stereocenters. The van der Waals surface area contributed by atoms with E-state index in [2.05, 4.69) is 40.6 Å². The predicted octanol–water partition coefficient (Wildman–Crippen LogP) is 2.94. The zero-order valence-electron chi connectivity index (χ0n) is 15.8. The van der Waals surface area contributed by atoms with E-state index in [1.54, 1.807) is 10.9 Å². The Morgan fingerprint density at radius 2 is 1.96 bits per heavy atom. The van der Waals surface area contributed by atoms with Gasteiger partial charge in [-0.25, -0.2) is 4.68 Å². The molecule has 2 fully saturated rings. The van der Waals surface area contributed by atoms with Gasteiger partial charge in [0.15, 0.2) is 5.69 Å². The van der Waals surface area contributed by atoms with E-state index in [9.17, 15) is 4.79 Å². The summed E-state index contributed by atoms with van der Waals surface area (Å²) in [4.78, 5) is 14.6. The number of benzene rings is 1. The van der Waals surface area contributed by atoms with Gasteiger partial charge in [0.1, 0.15) is 0 Å². The fourth-order valence-corrected chi connectivity index (χ4v) is 4.08. The number of likely N-dealkylation sites (tertiary alicyclic amines) is 1. The molecule has 2 aliphatic heterocycles. The Balaban J connectivity index is 1.24. The number of ether oxygens (including phenoxy) is 1.